The minimum Gasteiger partial charge on any atom is -0.469 e. The zero-order valence-corrected chi connectivity index (χ0v) is 15.6. The number of methoxy groups -OCH3 is 1. The van der Waals surface area contributed by atoms with Crippen molar-refractivity contribution in [2.24, 2.45) is 0 Å². The molecule has 1 aromatic carbocycles. The second kappa shape index (κ2) is 6.53. The number of rotatable bonds is 4. The van der Waals surface area contributed by atoms with Gasteiger partial charge in [-0.1, -0.05) is 12.1 Å². The van der Waals surface area contributed by atoms with Crippen LogP contribution in [-0.4, -0.2) is 31.4 Å². The SMILES string of the molecule is COC(=O)CC(B1OC(C)(C)C(C)(C)O1)c1cccc(Br)c1F. The summed E-state index contributed by atoms with van der Waals surface area (Å²) in [6.45, 7) is 7.66. The van der Waals surface area contributed by atoms with Crippen LogP contribution in [0.25, 0.3) is 0 Å². The highest BCUT2D eigenvalue weighted by atomic mass is 79.9. The Bertz CT molecular complexity index is 590. The lowest BCUT2D eigenvalue weighted by Gasteiger charge is -2.32. The van der Waals surface area contributed by atoms with Crippen molar-refractivity contribution in [2.75, 3.05) is 7.11 Å². The second-order valence-corrected chi connectivity index (χ2v) is 7.51. The molecule has 1 heterocycles. The molecule has 23 heavy (non-hydrogen) atoms. The lowest BCUT2D eigenvalue weighted by Crippen LogP contribution is -2.41. The van der Waals surface area contributed by atoms with Crippen LogP contribution in [0.5, 0.6) is 0 Å². The number of halogens is 2. The van der Waals surface area contributed by atoms with Crippen molar-refractivity contribution in [3.8, 4) is 0 Å². The lowest BCUT2D eigenvalue weighted by atomic mass is 9.66. The van der Waals surface area contributed by atoms with E-state index in [9.17, 15) is 9.18 Å². The molecule has 1 saturated heterocycles. The zero-order chi connectivity index (χ0) is 17.4. The molecule has 1 aliphatic heterocycles. The van der Waals surface area contributed by atoms with Crippen molar-refractivity contribution in [1.82, 2.24) is 0 Å². The molecular weight excluding hydrogens is 366 g/mol. The number of hydrogen-bond donors (Lipinski definition) is 0. The van der Waals surface area contributed by atoms with Gasteiger partial charge in [0.2, 0.25) is 0 Å². The van der Waals surface area contributed by atoms with Gasteiger partial charge in [-0.15, -0.1) is 0 Å². The van der Waals surface area contributed by atoms with Gasteiger partial charge >= 0.3 is 13.1 Å². The molecule has 0 aromatic heterocycles. The summed E-state index contributed by atoms with van der Waals surface area (Å²) >= 11 is 3.18. The third-order valence-electron chi connectivity index (χ3n) is 4.60. The number of hydrogen-bond acceptors (Lipinski definition) is 4. The van der Waals surface area contributed by atoms with Crippen molar-refractivity contribution in [1.29, 1.82) is 0 Å². The number of esters is 1. The van der Waals surface area contributed by atoms with E-state index in [1.807, 2.05) is 27.7 Å². The lowest BCUT2D eigenvalue weighted by molar-refractivity contribution is -0.140. The van der Waals surface area contributed by atoms with Crippen LogP contribution in [0, 0.1) is 5.82 Å². The highest BCUT2D eigenvalue weighted by Gasteiger charge is 2.54. The van der Waals surface area contributed by atoms with Crippen LogP contribution in [0.2, 0.25) is 0 Å². The summed E-state index contributed by atoms with van der Waals surface area (Å²) in [5.74, 6) is -1.46. The Morgan fingerprint density at radius 1 is 1.30 bits per heavy atom. The summed E-state index contributed by atoms with van der Waals surface area (Å²) < 4.78 is 31.6. The third-order valence-corrected chi connectivity index (χ3v) is 5.21. The number of benzene rings is 1. The van der Waals surface area contributed by atoms with E-state index in [-0.39, 0.29) is 6.42 Å². The largest absolute Gasteiger partial charge is 0.469 e. The van der Waals surface area contributed by atoms with Crippen LogP contribution in [0.1, 0.15) is 45.5 Å². The van der Waals surface area contributed by atoms with E-state index in [0.29, 0.717) is 10.0 Å². The normalized spacial score (nSPS) is 20.4. The minimum absolute atomic E-state index is 0.0271. The van der Waals surface area contributed by atoms with E-state index in [2.05, 4.69) is 15.9 Å². The molecule has 4 nitrogen and oxygen atoms in total. The predicted octanol–water partition coefficient (Wildman–Crippen LogP) is 3.87. The number of carbonyl (C=O) groups is 1. The molecule has 0 N–H and O–H groups in total. The van der Waals surface area contributed by atoms with Gasteiger partial charge < -0.3 is 14.0 Å². The summed E-state index contributed by atoms with van der Waals surface area (Å²) in [7, 11) is 0.573. The van der Waals surface area contributed by atoms with E-state index in [4.69, 9.17) is 14.0 Å². The Morgan fingerprint density at radius 2 is 1.87 bits per heavy atom. The Kier molecular flexibility index (Phi) is 5.23. The molecule has 0 bridgehead atoms. The molecule has 1 atom stereocenters. The summed E-state index contributed by atoms with van der Waals surface area (Å²) in [5, 5.41) is 0. The molecule has 2 rings (SSSR count). The molecule has 1 unspecified atom stereocenters. The van der Waals surface area contributed by atoms with Crippen LogP contribution in [-0.2, 0) is 18.8 Å². The molecular formula is C16H21BBrFO4. The molecule has 7 heteroatoms. The van der Waals surface area contributed by atoms with Crippen LogP contribution in [0.15, 0.2) is 22.7 Å². The zero-order valence-electron chi connectivity index (χ0n) is 14.0. The Hall–Kier alpha value is -0.915. The maximum absolute atomic E-state index is 14.5. The molecule has 1 fully saturated rings. The van der Waals surface area contributed by atoms with E-state index < -0.39 is 35.9 Å². The summed E-state index contributed by atoms with van der Waals surface area (Å²) in [6.07, 6.45) is -0.0271. The van der Waals surface area contributed by atoms with Crippen LogP contribution in [0.3, 0.4) is 0 Å². The highest BCUT2D eigenvalue weighted by Crippen LogP contribution is 2.42. The van der Waals surface area contributed by atoms with Crippen molar-refractivity contribution in [2.45, 2.75) is 51.1 Å². The molecule has 0 spiro atoms. The summed E-state index contributed by atoms with van der Waals surface area (Å²) in [6, 6.07) is 4.97. The van der Waals surface area contributed by atoms with Gasteiger partial charge in [0.15, 0.2) is 0 Å². The van der Waals surface area contributed by atoms with Gasteiger partial charge in [-0.3, -0.25) is 4.79 Å². The molecule has 0 amide bonds. The fraction of sp³-hybridized carbons (Fsp3) is 0.562. The van der Waals surface area contributed by atoms with Crippen LogP contribution in [0.4, 0.5) is 4.39 Å². The maximum Gasteiger partial charge on any atom is 0.466 e. The van der Waals surface area contributed by atoms with E-state index in [1.165, 1.54) is 7.11 Å². The standard InChI is InChI=1S/C16H21BBrFO4/c1-15(2)16(3,4)23-17(22-15)11(9-13(20)21-5)10-7-6-8-12(18)14(10)19/h6-8,11H,9H2,1-5H3. The fourth-order valence-electron chi connectivity index (χ4n) is 2.48. The Labute approximate surface area is 145 Å². The topological polar surface area (TPSA) is 44.8 Å². The molecule has 0 aliphatic carbocycles. The van der Waals surface area contributed by atoms with E-state index in [1.54, 1.807) is 18.2 Å². The molecule has 1 aliphatic rings. The van der Waals surface area contributed by atoms with Crippen molar-refractivity contribution in [3.05, 3.63) is 34.1 Å². The smallest absolute Gasteiger partial charge is 0.466 e. The number of carbonyl (C=O) groups excluding carboxylic acids is 1. The Morgan fingerprint density at radius 3 is 2.39 bits per heavy atom. The van der Waals surface area contributed by atoms with Gasteiger partial charge in [-0.2, -0.15) is 0 Å². The first-order valence-corrected chi connectivity index (χ1v) is 8.24. The van der Waals surface area contributed by atoms with Gasteiger partial charge in [0.1, 0.15) is 5.82 Å². The third kappa shape index (κ3) is 3.62. The van der Waals surface area contributed by atoms with E-state index in [0.717, 1.165) is 0 Å². The summed E-state index contributed by atoms with van der Waals surface area (Å²) in [5.41, 5.74) is -0.758. The van der Waals surface area contributed by atoms with Gasteiger partial charge in [-0.25, -0.2) is 4.39 Å². The molecule has 126 valence electrons. The minimum atomic E-state index is -0.733. The maximum atomic E-state index is 14.5. The van der Waals surface area contributed by atoms with Crippen molar-refractivity contribution >= 4 is 29.0 Å². The fourth-order valence-corrected chi connectivity index (χ4v) is 2.86. The molecule has 0 radical (unpaired) electrons. The van der Waals surface area contributed by atoms with Crippen molar-refractivity contribution in [3.63, 3.8) is 0 Å². The Balaban J connectivity index is 2.40. The van der Waals surface area contributed by atoms with Gasteiger partial charge in [0.05, 0.1) is 29.2 Å². The van der Waals surface area contributed by atoms with Gasteiger partial charge in [0.25, 0.3) is 0 Å². The highest BCUT2D eigenvalue weighted by molar-refractivity contribution is 9.10. The average Bonchev–Trinajstić information content (AvgIpc) is 2.67. The van der Waals surface area contributed by atoms with Crippen LogP contribution >= 0.6 is 15.9 Å². The van der Waals surface area contributed by atoms with Gasteiger partial charge in [0, 0.05) is 5.82 Å². The second-order valence-electron chi connectivity index (χ2n) is 6.65. The first kappa shape index (κ1) is 18.4. The quantitative estimate of drug-likeness (QED) is 0.582. The molecule has 0 saturated carbocycles. The average molecular weight is 387 g/mol. The monoisotopic (exact) mass is 386 g/mol. The predicted molar refractivity (Wildman–Crippen MR) is 89.6 cm³/mol. The van der Waals surface area contributed by atoms with Crippen molar-refractivity contribution < 1.29 is 23.2 Å². The van der Waals surface area contributed by atoms with Gasteiger partial charge in [-0.05, 0) is 55.3 Å². The van der Waals surface area contributed by atoms with Crippen LogP contribution < -0.4 is 0 Å². The molecule has 1 aromatic rings. The summed E-state index contributed by atoms with van der Waals surface area (Å²) in [4.78, 5) is 11.8. The first-order valence-electron chi connectivity index (χ1n) is 7.45. The van der Waals surface area contributed by atoms with E-state index >= 15 is 0 Å². The number of ether oxygens (including phenoxy) is 1. The first-order chi connectivity index (χ1) is 10.6.